The zero-order valence-corrected chi connectivity index (χ0v) is 18.1. The summed E-state index contributed by atoms with van der Waals surface area (Å²) in [5.41, 5.74) is 5.50. The van der Waals surface area contributed by atoms with E-state index in [4.69, 9.17) is 0 Å². The molecule has 5 nitrogen and oxygen atoms in total. The van der Waals surface area contributed by atoms with Gasteiger partial charge < -0.3 is 0 Å². The highest BCUT2D eigenvalue weighted by Crippen LogP contribution is 2.39. The van der Waals surface area contributed by atoms with Gasteiger partial charge in [0.25, 0.3) is 0 Å². The first kappa shape index (κ1) is 19.4. The van der Waals surface area contributed by atoms with Gasteiger partial charge in [0.1, 0.15) is 0 Å². The Labute approximate surface area is 179 Å². The SMILES string of the molecule is Cc1ccccc1C(c1nnnn1C1(C)CCCCC1)N1CCc2ccccc2C1. The molecule has 0 bridgehead atoms. The van der Waals surface area contributed by atoms with Crippen LogP contribution in [0.3, 0.4) is 0 Å². The molecule has 1 atom stereocenters. The predicted octanol–water partition coefficient (Wildman–Crippen LogP) is 4.81. The highest BCUT2D eigenvalue weighted by Gasteiger charge is 2.37. The first-order chi connectivity index (χ1) is 14.7. The Morgan fingerprint density at radius 3 is 2.47 bits per heavy atom. The Balaban J connectivity index is 1.59. The molecule has 5 heteroatoms. The second-order valence-electron chi connectivity index (χ2n) is 9.25. The molecule has 2 heterocycles. The van der Waals surface area contributed by atoms with Gasteiger partial charge in [-0.25, -0.2) is 4.68 Å². The number of aryl methyl sites for hydroxylation is 1. The maximum absolute atomic E-state index is 4.65. The molecule has 2 aromatic carbocycles. The van der Waals surface area contributed by atoms with Crippen LogP contribution in [0.1, 0.15) is 73.1 Å². The number of tetrazole rings is 1. The average molecular weight is 402 g/mol. The highest BCUT2D eigenvalue weighted by molar-refractivity contribution is 5.35. The number of nitrogens with zero attached hydrogens (tertiary/aromatic N) is 5. The molecular formula is C25H31N5. The van der Waals surface area contributed by atoms with Crippen LogP contribution < -0.4 is 0 Å². The number of rotatable bonds is 4. The van der Waals surface area contributed by atoms with Crippen molar-refractivity contribution in [2.45, 2.75) is 70.5 Å². The zero-order chi connectivity index (χ0) is 20.6. The minimum absolute atomic E-state index is 0.00567. The number of hydrogen-bond donors (Lipinski definition) is 0. The molecule has 1 aliphatic carbocycles. The lowest BCUT2D eigenvalue weighted by Gasteiger charge is -2.39. The lowest BCUT2D eigenvalue weighted by molar-refractivity contribution is 0.155. The third-order valence-electron chi connectivity index (χ3n) is 7.19. The van der Waals surface area contributed by atoms with Crippen LogP contribution in [-0.4, -0.2) is 31.7 Å². The molecule has 1 saturated carbocycles. The summed E-state index contributed by atoms with van der Waals surface area (Å²) in [5, 5.41) is 13.4. The standard InChI is InChI=1S/C25H31N5/c1-19-10-4-7-13-22(19)23(29-17-14-20-11-5-6-12-21(20)18-29)24-26-27-28-30(24)25(2)15-8-3-9-16-25/h4-7,10-13,23H,3,8-9,14-18H2,1-2H3. The number of hydrogen-bond acceptors (Lipinski definition) is 4. The highest BCUT2D eigenvalue weighted by atomic mass is 15.6. The van der Waals surface area contributed by atoms with E-state index in [1.54, 1.807) is 0 Å². The zero-order valence-electron chi connectivity index (χ0n) is 18.1. The van der Waals surface area contributed by atoms with Crippen molar-refractivity contribution in [1.82, 2.24) is 25.1 Å². The Bertz CT molecular complexity index is 1020. The van der Waals surface area contributed by atoms with Crippen LogP contribution in [0, 0.1) is 6.92 Å². The molecule has 0 radical (unpaired) electrons. The summed E-state index contributed by atoms with van der Waals surface area (Å²) >= 11 is 0. The molecule has 1 fully saturated rings. The monoisotopic (exact) mass is 401 g/mol. The second-order valence-corrected chi connectivity index (χ2v) is 9.25. The van der Waals surface area contributed by atoms with E-state index >= 15 is 0 Å². The fourth-order valence-electron chi connectivity index (χ4n) is 5.40. The summed E-state index contributed by atoms with van der Waals surface area (Å²) in [6.07, 6.45) is 7.18. The molecule has 156 valence electrons. The van der Waals surface area contributed by atoms with Crippen molar-refractivity contribution in [3.05, 3.63) is 76.6 Å². The van der Waals surface area contributed by atoms with Gasteiger partial charge in [0.2, 0.25) is 0 Å². The van der Waals surface area contributed by atoms with Crippen molar-refractivity contribution in [3.63, 3.8) is 0 Å². The van der Waals surface area contributed by atoms with E-state index in [0.29, 0.717) is 0 Å². The van der Waals surface area contributed by atoms with Gasteiger partial charge in [0, 0.05) is 13.1 Å². The number of fused-ring (bicyclic) bond motifs is 1. The van der Waals surface area contributed by atoms with Crippen LogP contribution in [0.25, 0.3) is 0 Å². The molecule has 1 aliphatic heterocycles. The van der Waals surface area contributed by atoms with E-state index < -0.39 is 0 Å². The van der Waals surface area contributed by atoms with Gasteiger partial charge in [-0.1, -0.05) is 67.8 Å². The van der Waals surface area contributed by atoms with Crippen LogP contribution in [0.5, 0.6) is 0 Å². The van der Waals surface area contributed by atoms with Gasteiger partial charge in [-0.05, 0) is 65.8 Å². The molecule has 1 unspecified atom stereocenters. The second kappa shape index (κ2) is 7.95. The molecule has 1 aromatic heterocycles. The molecule has 3 aromatic rings. The van der Waals surface area contributed by atoms with Crippen LogP contribution in [0.2, 0.25) is 0 Å². The van der Waals surface area contributed by atoms with Gasteiger partial charge in [-0.15, -0.1) is 5.10 Å². The Morgan fingerprint density at radius 2 is 1.67 bits per heavy atom. The topological polar surface area (TPSA) is 46.8 Å². The normalized spacial score (nSPS) is 19.9. The first-order valence-electron chi connectivity index (χ1n) is 11.3. The first-order valence-corrected chi connectivity index (χ1v) is 11.3. The molecule has 0 spiro atoms. The van der Waals surface area contributed by atoms with E-state index in [9.17, 15) is 0 Å². The molecule has 0 saturated heterocycles. The Morgan fingerprint density at radius 1 is 0.933 bits per heavy atom. The molecule has 0 N–H and O–H groups in total. The summed E-state index contributed by atoms with van der Waals surface area (Å²) < 4.78 is 2.17. The summed E-state index contributed by atoms with van der Waals surface area (Å²) in [7, 11) is 0. The summed E-state index contributed by atoms with van der Waals surface area (Å²) in [6, 6.07) is 17.6. The molecular weight excluding hydrogens is 370 g/mol. The minimum Gasteiger partial charge on any atom is -0.285 e. The van der Waals surface area contributed by atoms with Crippen molar-refractivity contribution in [1.29, 1.82) is 0 Å². The van der Waals surface area contributed by atoms with E-state index in [0.717, 1.165) is 38.2 Å². The van der Waals surface area contributed by atoms with Crippen LogP contribution in [0.4, 0.5) is 0 Å². The average Bonchev–Trinajstić information content (AvgIpc) is 3.26. The van der Waals surface area contributed by atoms with Crippen molar-refractivity contribution < 1.29 is 0 Å². The summed E-state index contributed by atoms with van der Waals surface area (Å²) in [5.74, 6) is 0.994. The molecule has 2 aliphatic rings. The van der Waals surface area contributed by atoms with Crippen LogP contribution >= 0.6 is 0 Å². The summed E-state index contributed by atoms with van der Waals surface area (Å²) in [4.78, 5) is 2.57. The Hall–Kier alpha value is -2.53. The van der Waals surface area contributed by atoms with Crippen LogP contribution in [0.15, 0.2) is 48.5 Å². The van der Waals surface area contributed by atoms with Gasteiger partial charge >= 0.3 is 0 Å². The lowest BCUT2D eigenvalue weighted by atomic mass is 9.83. The maximum atomic E-state index is 4.65. The predicted molar refractivity (Wildman–Crippen MR) is 118 cm³/mol. The number of benzene rings is 2. The lowest BCUT2D eigenvalue weighted by Crippen LogP contribution is -2.40. The quantitative estimate of drug-likeness (QED) is 0.629. The fourth-order valence-corrected chi connectivity index (χ4v) is 5.40. The summed E-state index contributed by atoms with van der Waals surface area (Å²) in [6.45, 7) is 6.49. The van der Waals surface area contributed by atoms with E-state index in [1.165, 1.54) is 41.5 Å². The van der Waals surface area contributed by atoms with Crippen molar-refractivity contribution in [2.24, 2.45) is 0 Å². The third kappa shape index (κ3) is 3.45. The molecule has 5 rings (SSSR count). The third-order valence-corrected chi connectivity index (χ3v) is 7.19. The van der Waals surface area contributed by atoms with Crippen LogP contribution in [-0.2, 0) is 18.5 Å². The molecule has 0 amide bonds. The smallest absolute Gasteiger partial charge is 0.173 e. The van der Waals surface area contributed by atoms with Crippen molar-refractivity contribution in [3.8, 4) is 0 Å². The van der Waals surface area contributed by atoms with E-state index in [1.807, 2.05) is 0 Å². The van der Waals surface area contributed by atoms with Gasteiger partial charge in [-0.2, -0.15) is 0 Å². The van der Waals surface area contributed by atoms with E-state index in [2.05, 4.69) is 87.5 Å². The van der Waals surface area contributed by atoms with Crippen molar-refractivity contribution >= 4 is 0 Å². The molecule has 30 heavy (non-hydrogen) atoms. The Kier molecular flexibility index (Phi) is 5.15. The minimum atomic E-state index is 0.00567. The number of aromatic nitrogens is 4. The van der Waals surface area contributed by atoms with Crippen molar-refractivity contribution in [2.75, 3.05) is 6.54 Å². The van der Waals surface area contributed by atoms with E-state index in [-0.39, 0.29) is 11.6 Å². The largest absolute Gasteiger partial charge is 0.285 e. The van der Waals surface area contributed by atoms with Gasteiger partial charge in [0.15, 0.2) is 5.82 Å². The maximum Gasteiger partial charge on any atom is 0.173 e. The fraction of sp³-hybridized carbons (Fsp3) is 0.480. The van der Waals surface area contributed by atoms with Gasteiger partial charge in [0.05, 0.1) is 11.6 Å². The van der Waals surface area contributed by atoms with Gasteiger partial charge in [-0.3, -0.25) is 4.90 Å².